The third-order valence-electron chi connectivity index (χ3n) is 2.60. The number of carbonyl (C=O) groups excluding carboxylic acids is 1. The number of para-hydroxylation sites is 1. The van der Waals surface area contributed by atoms with Gasteiger partial charge in [0.25, 0.3) is 0 Å². The maximum absolute atomic E-state index is 11.5. The molecule has 0 fully saturated rings. The topological polar surface area (TPSA) is 35.5 Å². The predicted octanol–water partition coefficient (Wildman–Crippen LogP) is 2.85. The zero-order chi connectivity index (χ0) is 13.3. The molecule has 0 spiro atoms. The highest BCUT2D eigenvalue weighted by molar-refractivity contribution is 5.71. The Labute approximate surface area is 112 Å². The van der Waals surface area contributed by atoms with Gasteiger partial charge in [0, 0.05) is 6.42 Å². The van der Waals surface area contributed by atoms with Crippen molar-refractivity contribution in [1.29, 1.82) is 0 Å². The largest absolute Gasteiger partial charge is 0.482 e. The molecule has 0 bridgehead atoms. The van der Waals surface area contributed by atoms with Crippen LogP contribution in [0.2, 0.25) is 0 Å². The van der Waals surface area contributed by atoms with Crippen LogP contribution < -0.4 is 4.74 Å². The maximum Gasteiger partial charge on any atom is 0.344 e. The first-order chi connectivity index (χ1) is 9.34. The SMILES string of the molecule is O=C(COc1ccccc1)OCCc1ccccc1. The Balaban J connectivity index is 1.65. The molecule has 0 aliphatic heterocycles. The van der Waals surface area contributed by atoms with Crippen LogP contribution in [0.1, 0.15) is 5.56 Å². The van der Waals surface area contributed by atoms with Crippen molar-refractivity contribution in [2.45, 2.75) is 6.42 Å². The lowest BCUT2D eigenvalue weighted by atomic mass is 10.2. The number of esters is 1. The second kappa shape index (κ2) is 7.21. The van der Waals surface area contributed by atoms with Gasteiger partial charge in [-0.3, -0.25) is 0 Å². The van der Waals surface area contributed by atoms with Crippen molar-refractivity contribution in [1.82, 2.24) is 0 Å². The molecule has 0 radical (unpaired) electrons. The quantitative estimate of drug-likeness (QED) is 0.745. The van der Waals surface area contributed by atoms with Crippen molar-refractivity contribution >= 4 is 5.97 Å². The molecule has 3 nitrogen and oxygen atoms in total. The van der Waals surface area contributed by atoms with Crippen LogP contribution >= 0.6 is 0 Å². The van der Waals surface area contributed by atoms with Crippen molar-refractivity contribution < 1.29 is 14.3 Å². The van der Waals surface area contributed by atoms with Crippen molar-refractivity contribution in [2.75, 3.05) is 13.2 Å². The first-order valence-corrected chi connectivity index (χ1v) is 6.22. The second-order valence-corrected chi connectivity index (χ2v) is 4.06. The number of ether oxygens (including phenoxy) is 2. The Hall–Kier alpha value is -2.29. The summed E-state index contributed by atoms with van der Waals surface area (Å²) in [6.07, 6.45) is 0.720. The van der Waals surface area contributed by atoms with Crippen LogP contribution in [-0.4, -0.2) is 19.2 Å². The molecule has 0 atom stereocenters. The summed E-state index contributed by atoms with van der Waals surface area (Å²) in [5, 5.41) is 0. The molecule has 0 heterocycles. The van der Waals surface area contributed by atoms with E-state index in [2.05, 4.69) is 0 Å². The van der Waals surface area contributed by atoms with Gasteiger partial charge in [-0.05, 0) is 17.7 Å². The Morgan fingerprint density at radius 2 is 1.53 bits per heavy atom. The summed E-state index contributed by atoms with van der Waals surface area (Å²) in [7, 11) is 0. The molecule has 0 aromatic heterocycles. The van der Waals surface area contributed by atoms with Crippen molar-refractivity contribution in [3.8, 4) is 5.75 Å². The lowest BCUT2D eigenvalue weighted by molar-refractivity contribution is -0.145. The first-order valence-electron chi connectivity index (χ1n) is 6.22. The zero-order valence-corrected chi connectivity index (χ0v) is 10.6. The van der Waals surface area contributed by atoms with Gasteiger partial charge in [0.15, 0.2) is 6.61 Å². The van der Waals surface area contributed by atoms with Crippen molar-refractivity contribution in [3.05, 3.63) is 66.2 Å². The van der Waals surface area contributed by atoms with Crippen LogP contribution in [0, 0.1) is 0 Å². The van der Waals surface area contributed by atoms with Gasteiger partial charge < -0.3 is 9.47 Å². The Kier molecular flexibility index (Phi) is 4.99. The van der Waals surface area contributed by atoms with Gasteiger partial charge in [-0.25, -0.2) is 4.79 Å². The van der Waals surface area contributed by atoms with E-state index in [1.54, 1.807) is 12.1 Å². The summed E-state index contributed by atoms with van der Waals surface area (Å²) in [5.74, 6) is 0.322. The van der Waals surface area contributed by atoms with Gasteiger partial charge in [0.2, 0.25) is 0 Å². The third-order valence-corrected chi connectivity index (χ3v) is 2.60. The summed E-state index contributed by atoms with van der Waals surface area (Å²) in [5.41, 5.74) is 1.15. The molecule has 0 N–H and O–H groups in total. The van der Waals surface area contributed by atoms with Crippen LogP contribution in [-0.2, 0) is 16.0 Å². The molecule has 19 heavy (non-hydrogen) atoms. The summed E-state index contributed by atoms with van der Waals surface area (Å²) in [4.78, 5) is 11.5. The van der Waals surface area contributed by atoms with E-state index in [1.807, 2.05) is 48.5 Å². The van der Waals surface area contributed by atoms with Crippen molar-refractivity contribution in [3.63, 3.8) is 0 Å². The van der Waals surface area contributed by atoms with Gasteiger partial charge in [-0.2, -0.15) is 0 Å². The molecule has 0 aliphatic carbocycles. The number of hydrogen-bond acceptors (Lipinski definition) is 3. The van der Waals surface area contributed by atoms with E-state index in [0.717, 1.165) is 12.0 Å². The minimum absolute atomic E-state index is 0.0567. The highest BCUT2D eigenvalue weighted by Crippen LogP contribution is 2.08. The van der Waals surface area contributed by atoms with E-state index in [4.69, 9.17) is 9.47 Å². The minimum atomic E-state index is -0.347. The molecule has 0 aliphatic rings. The molecule has 0 saturated carbocycles. The fraction of sp³-hybridized carbons (Fsp3) is 0.188. The monoisotopic (exact) mass is 256 g/mol. The average Bonchev–Trinajstić information content (AvgIpc) is 2.47. The molecule has 98 valence electrons. The fourth-order valence-electron chi connectivity index (χ4n) is 1.63. The van der Waals surface area contributed by atoms with Gasteiger partial charge >= 0.3 is 5.97 Å². The molecule has 0 unspecified atom stereocenters. The third kappa shape index (κ3) is 4.84. The first kappa shape index (κ1) is 13.1. The average molecular weight is 256 g/mol. The van der Waals surface area contributed by atoms with Gasteiger partial charge in [0.05, 0.1) is 6.61 Å². The number of carbonyl (C=O) groups is 1. The van der Waals surface area contributed by atoms with E-state index in [1.165, 1.54) is 0 Å². The van der Waals surface area contributed by atoms with E-state index in [9.17, 15) is 4.79 Å². The molecule has 0 saturated heterocycles. The minimum Gasteiger partial charge on any atom is -0.482 e. The molecular weight excluding hydrogens is 240 g/mol. The molecule has 2 aromatic rings. The van der Waals surface area contributed by atoms with Crippen molar-refractivity contribution in [2.24, 2.45) is 0 Å². The molecule has 2 aromatic carbocycles. The highest BCUT2D eigenvalue weighted by Gasteiger charge is 2.04. The summed E-state index contributed by atoms with van der Waals surface area (Å²) in [6.45, 7) is 0.319. The standard InChI is InChI=1S/C16H16O3/c17-16(13-19-15-9-5-2-6-10-15)18-12-11-14-7-3-1-4-8-14/h1-10H,11-13H2. The molecule has 3 heteroatoms. The van der Waals surface area contributed by atoms with Crippen LogP contribution in [0.15, 0.2) is 60.7 Å². The van der Waals surface area contributed by atoms with E-state index >= 15 is 0 Å². The number of hydrogen-bond donors (Lipinski definition) is 0. The maximum atomic E-state index is 11.5. The fourth-order valence-corrected chi connectivity index (χ4v) is 1.63. The number of benzene rings is 2. The predicted molar refractivity (Wildman–Crippen MR) is 73.0 cm³/mol. The molecule has 0 amide bonds. The second-order valence-electron chi connectivity index (χ2n) is 4.06. The summed E-state index contributed by atoms with van der Waals surface area (Å²) >= 11 is 0. The van der Waals surface area contributed by atoms with E-state index in [0.29, 0.717) is 12.4 Å². The zero-order valence-electron chi connectivity index (χ0n) is 10.6. The van der Waals surface area contributed by atoms with Gasteiger partial charge in [-0.15, -0.1) is 0 Å². The van der Waals surface area contributed by atoms with Crippen LogP contribution in [0.25, 0.3) is 0 Å². The Morgan fingerprint density at radius 3 is 2.21 bits per heavy atom. The number of rotatable bonds is 6. The van der Waals surface area contributed by atoms with Crippen LogP contribution in [0.3, 0.4) is 0 Å². The van der Waals surface area contributed by atoms with E-state index < -0.39 is 0 Å². The lowest BCUT2D eigenvalue weighted by Gasteiger charge is -2.07. The van der Waals surface area contributed by atoms with Crippen LogP contribution in [0.4, 0.5) is 0 Å². The summed E-state index contributed by atoms with van der Waals surface area (Å²) in [6, 6.07) is 19.1. The highest BCUT2D eigenvalue weighted by atomic mass is 16.6. The lowest BCUT2D eigenvalue weighted by Crippen LogP contribution is -2.16. The smallest absolute Gasteiger partial charge is 0.344 e. The van der Waals surface area contributed by atoms with Gasteiger partial charge in [-0.1, -0.05) is 48.5 Å². The summed E-state index contributed by atoms with van der Waals surface area (Å²) < 4.78 is 10.4. The van der Waals surface area contributed by atoms with E-state index in [-0.39, 0.29) is 12.6 Å². The Bertz CT molecular complexity index is 494. The molecular formula is C16H16O3. The van der Waals surface area contributed by atoms with Gasteiger partial charge in [0.1, 0.15) is 5.75 Å². The Morgan fingerprint density at radius 1 is 0.895 bits per heavy atom. The molecule has 2 rings (SSSR count). The normalized spacial score (nSPS) is 9.89. The van der Waals surface area contributed by atoms with Crippen LogP contribution in [0.5, 0.6) is 5.75 Å².